The fourth-order valence-corrected chi connectivity index (χ4v) is 11.3. The smallest absolute Gasteiger partial charge is 0.0634 e. The van der Waals surface area contributed by atoms with Gasteiger partial charge in [-0.05, 0) is 122 Å². The summed E-state index contributed by atoms with van der Waals surface area (Å²) >= 11 is 0. The number of aromatic nitrogens is 2. The molecular weight excluding hydrogens is 725 g/mol. The van der Waals surface area contributed by atoms with E-state index in [4.69, 9.17) is 0 Å². The first kappa shape index (κ1) is 34.2. The zero-order valence-electron chi connectivity index (χ0n) is 35.6. The van der Waals surface area contributed by atoms with Crippen LogP contribution in [0.2, 0.25) is 0 Å². The number of fused-ring (bicyclic) bond motifs is 17. The second kappa shape index (κ2) is 11.1. The molecule has 2 nitrogen and oxygen atoms in total. The number of hydrogen-bond donors (Lipinski definition) is 0. The molecule has 4 aromatic heterocycles. The van der Waals surface area contributed by atoms with Crippen molar-refractivity contribution in [2.75, 3.05) is 0 Å². The van der Waals surface area contributed by atoms with E-state index in [1.807, 2.05) is 0 Å². The van der Waals surface area contributed by atoms with Gasteiger partial charge in [0.15, 0.2) is 0 Å². The zero-order chi connectivity index (χ0) is 40.7. The van der Waals surface area contributed by atoms with E-state index in [9.17, 15) is 0 Å². The van der Waals surface area contributed by atoms with Gasteiger partial charge in [-0.15, -0.1) is 0 Å². The highest BCUT2D eigenvalue weighted by Crippen LogP contribution is 2.53. The van der Waals surface area contributed by atoms with E-state index >= 15 is 0 Å². The van der Waals surface area contributed by atoms with E-state index in [1.165, 1.54) is 142 Å². The predicted octanol–water partition coefficient (Wildman–Crippen LogP) is 16.3. The summed E-state index contributed by atoms with van der Waals surface area (Å²) in [5.41, 5.74) is 15.7. The van der Waals surface area contributed by atoms with Crippen LogP contribution in [0.25, 0.3) is 120 Å². The summed E-state index contributed by atoms with van der Waals surface area (Å²) in [7, 11) is 0. The molecule has 0 unspecified atom stereocenters. The number of pyridine rings is 1. The van der Waals surface area contributed by atoms with Crippen LogP contribution in [0.3, 0.4) is 0 Å². The molecule has 0 atom stereocenters. The minimum atomic E-state index is 0.0260. The first-order valence-corrected chi connectivity index (χ1v) is 21.6. The average Bonchev–Trinajstić information content (AvgIpc) is 3.86. The molecule has 0 amide bonds. The minimum absolute atomic E-state index is 0.0260. The standard InChI is InChI=1S/C58H46N2/c1-31-16-24-46-44(26-31)54-52-40-15-11-14-38-42-29-41(33-18-20-34(21-19-33)57(3,4)5)36-12-9-10-13-37(36)43(42)30-49(50(38)40)60-47-25-17-32(2)27-45(47)53(56(52)60)51-39-23-22-35(58(6,7)8)28-48(39)59(46)55(51)54/h9-30H,1-8H3. The van der Waals surface area contributed by atoms with Gasteiger partial charge >= 0.3 is 0 Å². The van der Waals surface area contributed by atoms with Gasteiger partial charge in [-0.1, -0.05) is 144 Å². The van der Waals surface area contributed by atoms with Gasteiger partial charge in [0.25, 0.3) is 0 Å². The third-order valence-electron chi connectivity index (χ3n) is 14.1. The van der Waals surface area contributed by atoms with E-state index in [0.717, 1.165) is 0 Å². The molecule has 0 fully saturated rings. The Labute approximate surface area is 348 Å². The molecule has 0 spiro atoms. The fraction of sp³-hybridized carbons (Fsp3) is 0.172. The lowest BCUT2D eigenvalue weighted by Crippen LogP contribution is -2.10. The Kier molecular flexibility index (Phi) is 6.36. The van der Waals surface area contributed by atoms with Crippen LogP contribution in [0, 0.1) is 13.8 Å². The van der Waals surface area contributed by atoms with Crippen LogP contribution >= 0.6 is 0 Å². The van der Waals surface area contributed by atoms with E-state index < -0.39 is 0 Å². The maximum atomic E-state index is 2.65. The number of benzene rings is 9. The van der Waals surface area contributed by atoms with Crippen molar-refractivity contribution in [2.45, 2.75) is 66.2 Å². The van der Waals surface area contributed by atoms with Gasteiger partial charge < -0.3 is 8.80 Å². The number of aryl methyl sites for hydroxylation is 2. The zero-order valence-corrected chi connectivity index (χ0v) is 35.6. The average molecular weight is 771 g/mol. The molecular formula is C58H46N2. The Hall–Kier alpha value is -6.64. The van der Waals surface area contributed by atoms with Crippen molar-refractivity contribution in [3.05, 3.63) is 156 Å². The van der Waals surface area contributed by atoms with E-state index in [0.29, 0.717) is 0 Å². The van der Waals surface area contributed by atoms with Crippen LogP contribution in [0.15, 0.2) is 133 Å². The monoisotopic (exact) mass is 770 g/mol. The number of hydrogen-bond acceptors (Lipinski definition) is 0. The second-order valence-electron chi connectivity index (χ2n) is 19.9. The fourth-order valence-electron chi connectivity index (χ4n) is 11.3. The van der Waals surface area contributed by atoms with Crippen molar-refractivity contribution < 1.29 is 0 Å². The molecule has 13 rings (SSSR count). The van der Waals surface area contributed by atoms with Gasteiger partial charge in [0.1, 0.15) is 0 Å². The summed E-state index contributed by atoms with van der Waals surface area (Å²) in [5, 5.41) is 18.6. The van der Waals surface area contributed by atoms with Crippen LogP contribution in [-0.4, -0.2) is 8.80 Å². The molecule has 0 radical (unpaired) electrons. The normalized spacial score (nSPS) is 13.3. The van der Waals surface area contributed by atoms with Crippen molar-refractivity contribution in [1.29, 1.82) is 0 Å². The summed E-state index contributed by atoms with van der Waals surface area (Å²) in [6, 6.07) is 52.0. The highest BCUT2D eigenvalue weighted by atomic mass is 14.9. The molecule has 0 aliphatic rings. The van der Waals surface area contributed by atoms with Gasteiger partial charge in [-0.3, -0.25) is 0 Å². The first-order chi connectivity index (χ1) is 28.9. The first-order valence-electron chi connectivity index (χ1n) is 21.6. The van der Waals surface area contributed by atoms with Crippen LogP contribution in [-0.2, 0) is 10.8 Å². The van der Waals surface area contributed by atoms with Gasteiger partial charge in [-0.2, -0.15) is 0 Å². The second-order valence-corrected chi connectivity index (χ2v) is 19.9. The highest BCUT2D eigenvalue weighted by Gasteiger charge is 2.30. The van der Waals surface area contributed by atoms with Crippen LogP contribution in [0.4, 0.5) is 0 Å². The quantitative estimate of drug-likeness (QED) is 0.116. The summed E-state index contributed by atoms with van der Waals surface area (Å²) in [5.74, 6) is 0. The van der Waals surface area contributed by atoms with Crippen molar-refractivity contribution in [1.82, 2.24) is 8.80 Å². The molecule has 0 saturated carbocycles. The van der Waals surface area contributed by atoms with Gasteiger partial charge in [0, 0.05) is 43.1 Å². The van der Waals surface area contributed by atoms with Crippen molar-refractivity contribution in [3.63, 3.8) is 0 Å². The lowest BCUT2D eigenvalue weighted by atomic mass is 9.85. The third kappa shape index (κ3) is 4.24. The Bertz CT molecular complexity index is 4010. The lowest BCUT2D eigenvalue weighted by molar-refractivity contribution is 0.590. The maximum absolute atomic E-state index is 2.65. The summed E-state index contributed by atoms with van der Waals surface area (Å²) in [6.07, 6.45) is 0. The lowest BCUT2D eigenvalue weighted by Gasteiger charge is -2.20. The molecule has 0 N–H and O–H groups in total. The van der Waals surface area contributed by atoms with Crippen molar-refractivity contribution in [2.24, 2.45) is 0 Å². The summed E-state index contributed by atoms with van der Waals surface area (Å²) in [6.45, 7) is 18.3. The highest BCUT2D eigenvalue weighted by molar-refractivity contribution is 6.46. The number of nitrogens with zero attached hydrogens (tertiary/aromatic N) is 2. The summed E-state index contributed by atoms with van der Waals surface area (Å²) in [4.78, 5) is 0. The van der Waals surface area contributed by atoms with E-state index in [2.05, 4.69) is 198 Å². The molecule has 2 heteroatoms. The van der Waals surface area contributed by atoms with Crippen molar-refractivity contribution >= 4 is 109 Å². The van der Waals surface area contributed by atoms with Gasteiger partial charge in [0.05, 0.1) is 33.1 Å². The minimum Gasteiger partial charge on any atom is -0.308 e. The molecule has 13 aromatic rings. The topological polar surface area (TPSA) is 8.82 Å². The third-order valence-corrected chi connectivity index (χ3v) is 14.1. The largest absolute Gasteiger partial charge is 0.308 e. The molecule has 60 heavy (non-hydrogen) atoms. The Morgan fingerprint density at radius 2 is 0.867 bits per heavy atom. The van der Waals surface area contributed by atoms with Gasteiger partial charge in [-0.25, -0.2) is 0 Å². The Morgan fingerprint density at radius 3 is 1.52 bits per heavy atom. The number of rotatable bonds is 1. The van der Waals surface area contributed by atoms with E-state index in [1.54, 1.807) is 0 Å². The molecule has 0 aliphatic heterocycles. The SMILES string of the molecule is Cc1ccc2c(c1)c1c3c4cccc5c6cc(-c7ccc(C(C)(C)C)cc7)c7ccccc7c6cc(c54)n4c5ccc(C)cc5c(c5c6ccc(C(C)(C)C)cc6n2c15)c34. The van der Waals surface area contributed by atoms with Crippen LogP contribution in [0.1, 0.15) is 63.8 Å². The predicted molar refractivity (Wildman–Crippen MR) is 261 cm³/mol. The maximum Gasteiger partial charge on any atom is 0.0634 e. The molecule has 0 saturated heterocycles. The molecule has 0 aliphatic carbocycles. The van der Waals surface area contributed by atoms with Crippen molar-refractivity contribution in [3.8, 4) is 11.1 Å². The molecule has 4 heterocycles. The van der Waals surface area contributed by atoms with Crippen LogP contribution in [0.5, 0.6) is 0 Å². The molecule has 288 valence electrons. The molecule has 0 bridgehead atoms. The van der Waals surface area contributed by atoms with Crippen LogP contribution < -0.4 is 0 Å². The summed E-state index contributed by atoms with van der Waals surface area (Å²) < 4.78 is 5.26. The molecule has 9 aromatic carbocycles. The Balaban J connectivity index is 1.30. The Morgan fingerprint density at radius 1 is 0.333 bits per heavy atom. The van der Waals surface area contributed by atoms with Gasteiger partial charge in [0.2, 0.25) is 0 Å². The van der Waals surface area contributed by atoms with E-state index in [-0.39, 0.29) is 10.8 Å².